The fraction of sp³-hybridized carbons (Fsp3) is 0.375. The van der Waals surface area contributed by atoms with Crippen molar-refractivity contribution in [3.05, 3.63) is 41.2 Å². The van der Waals surface area contributed by atoms with Crippen LogP contribution in [0.1, 0.15) is 37.3 Å². The molecule has 1 aliphatic carbocycles. The molecule has 0 bridgehead atoms. The quantitative estimate of drug-likeness (QED) is 0.609. The second kappa shape index (κ2) is 4.03. The molecule has 2 aromatic rings. The molecule has 0 nitrogen and oxygen atoms in total. The molecule has 0 spiro atoms. The van der Waals surface area contributed by atoms with Gasteiger partial charge in [0.15, 0.2) is 0 Å². The van der Waals surface area contributed by atoms with Crippen LogP contribution in [-0.4, -0.2) is 0 Å². The first-order valence-corrected chi connectivity index (χ1v) is 7.89. The molecule has 2 atom stereocenters. The van der Waals surface area contributed by atoms with Crippen molar-refractivity contribution in [2.24, 2.45) is 5.92 Å². The second-order valence-electron chi connectivity index (χ2n) is 5.38. The fourth-order valence-electron chi connectivity index (χ4n) is 2.96. The van der Waals surface area contributed by atoms with Crippen molar-refractivity contribution in [2.45, 2.75) is 32.9 Å². The predicted molar refractivity (Wildman–Crippen MR) is 78.9 cm³/mol. The van der Waals surface area contributed by atoms with E-state index in [-0.39, 0.29) is 7.53 Å². The second-order valence-corrected chi connectivity index (χ2v) is 8.18. The molecule has 2 unspecified atom stereocenters. The van der Waals surface area contributed by atoms with Gasteiger partial charge in [-0.15, -0.1) is 7.53 Å². The number of hydrogen-bond donors (Lipinski definition) is 0. The third-order valence-corrected chi connectivity index (χ3v) is 6.63. The third-order valence-electron chi connectivity index (χ3n) is 3.68. The first kappa shape index (κ1) is 11.1. The molecule has 1 heterocycles. The molecule has 0 radical (unpaired) electrons. The summed E-state index contributed by atoms with van der Waals surface area (Å²) in [5.41, 5.74) is 2.30. The standard InChI is InChI=1S/C16H19P/c1-11(2)17-15-7-5-4-6-13(15)14-9-8-12(3)10-16(14)17/h4-9,11-12H,10H2,1-3H3. The van der Waals surface area contributed by atoms with E-state index in [9.17, 15) is 0 Å². The average Bonchev–Trinajstić information content (AvgIpc) is 2.62. The van der Waals surface area contributed by atoms with E-state index < -0.39 is 0 Å². The molecule has 0 fully saturated rings. The van der Waals surface area contributed by atoms with Gasteiger partial charge >= 0.3 is 0 Å². The molecule has 0 amide bonds. The average molecular weight is 242 g/mol. The highest BCUT2D eigenvalue weighted by Crippen LogP contribution is 2.55. The number of fused-ring (bicyclic) bond motifs is 3. The Kier molecular flexibility index (Phi) is 2.64. The number of benzene rings is 1. The topological polar surface area (TPSA) is 0 Å². The van der Waals surface area contributed by atoms with Crippen molar-refractivity contribution in [3.63, 3.8) is 0 Å². The zero-order valence-corrected chi connectivity index (χ0v) is 11.7. The maximum atomic E-state index is 2.38. The lowest BCUT2D eigenvalue weighted by Crippen LogP contribution is -2.00. The van der Waals surface area contributed by atoms with Gasteiger partial charge in [-0.05, 0) is 34.2 Å². The Morgan fingerprint density at radius 2 is 2.00 bits per heavy atom. The molecule has 3 rings (SSSR count). The lowest BCUT2D eigenvalue weighted by atomic mass is 9.96. The SMILES string of the molecule is CC1C=Cc2c(p(C(C)C)c3ccccc23)C1. The summed E-state index contributed by atoms with van der Waals surface area (Å²) in [5, 5.41) is 4.86. The minimum atomic E-state index is -0.0756. The lowest BCUT2D eigenvalue weighted by molar-refractivity contribution is 0.726. The molecule has 1 heteroatoms. The van der Waals surface area contributed by atoms with E-state index in [1.165, 1.54) is 11.8 Å². The Hall–Kier alpha value is -1.00. The van der Waals surface area contributed by atoms with Crippen molar-refractivity contribution >= 4 is 24.1 Å². The largest absolute Gasteiger partial charge is 0.110 e. The van der Waals surface area contributed by atoms with E-state index in [1.807, 2.05) is 0 Å². The van der Waals surface area contributed by atoms with Gasteiger partial charge in [-0.1, -0.05) is 57.2 Å². The minimum Gasteiger partial charge on any atom is -0.110 e. The van der Waals surface area contributed by atoms with Gasteiger partial charge in [-0.2, -0.15) is 0 Å². The molecular formula is C16H19P. The van der Waals surface area contributed by atoms with Crippen LogP contribution < -0.4 is 0 Å². The Labute approximate surface area is 104 Å². The minimum absolute atomic E-state index is 0.0756. The van der Waals surface area contributed by atoms with Gasteiger partial charge in [0, 0.05) is 5.12 Å². The van der Waals surface area contributed by atoms with Crippen LogP contribution in [0.5, 0.6) is 0 Å². The highest BCUT2D eigenvalue weighted by atomic mass is 31.1. The van der Waals surface area contributed by atoms with Gasteiger partial charge in [0.2, 0.25) is 0 Å². The Morgan fingerprint density at radius 3 is 2.76 bits per heavy atom. The van der Waals surface area contributed by atoms with E-state index in [0.29, 0.717) is 5.92 Å². The lowest BCUT2D eigenvalue weighted by Gasteiger charge is -2.17. The summed E-state index contributed by atoms with van der Waals surface area (Å²) < 4.78 is 0. The smallest absolute Gasteiger partial charge is 0.00230 e. The van der Waals surface area contributed by atoms with Crippen LogP contribution in [0.15, 0.2) is 30.3 Å². The van der Waals surface area contributed by atoms with Crippen molar-refractivity contribution < 1.29 is 0 Å². The highest BCUT2D eigenvalue weighted by molar-refractivity contribution is 7.56. The first-order chi connectivity index (χ1) is 8.18. The number of rotatable bonds is 1. The van der Waals surface area contributed by atoms with Crippen molar-refractivity contribution in [3.8, 4) is 0 Å². The third kappa shape index (κ3) is 1.67. The molecule has 1 aromatic heterocycles. The van der Waals surface area contributed by atoms with E-state index in [2.05, 4.69) is 57.2 Å². The maximum Gasteiger partial charge on any atom is 0.00230 e. The van der Waals surface area contributed by atoms with Crippen LogP contribution in [0.2, 0.25) is 0 Å². The zero-order valence-electron chi connectivity index (χ0n) is 10.8. The van der Waals surface area contributed by atoms with E-state index in [1.54, 1.807) is 16.0 Å². The number of hydrogen-bond acceptors (Lipinski definition) is 0. The molecule has 0 N–H and O–H groups in total. The summed E-state index contributed by atoms with van der Waals surface area (Å²) in [7, 11) is -0.0756. The van der Waals surface area contributed by atoms with Gasteiger partial charge in [0.1, 0.15) is 0 Å². The molecule has 17 heavy (non-hydrogen) atoms. The highest BCUT2D eigenvalue weighted by Gasteiger charge is 2.21. The molecule has 88 valence electrons. The summed E-state index contributed by atoms with van der Waals surface area (Å²) in [6, 6.07) is 9.02. The molecule has 0 aliphatic heterocycles. The summed E-state index contributed by atoms with van der Waals surface area (Å²) >= 11 is 0. The number of allylic oxidation sites excluding steroid dienone is 1. The molecule has 1 aromatic carbocycles. The maximum absolute atomic E-state index is 2.38. The Morgan fingerprint density at radius 1 is 1.24 bits per heavy atom. The summed E-state index contributed by atoms with van der Waals surface area (Å²) in [6.45, 7) is 7.08. The monoisotopic (exact) mass is 242 g/mol. The van der Waals surface area contributed by atoms with E-state index >= 15 is 0 Å². The van der Waals surface area contributed by atoms with Gasteiger partial charge in [0.25, 0.3) is 0 Å². The van der Waals surface area contributed by atoms with Gasteiger partial charge < -0.3 is 0 Å². The van der Waals surface area contributed by atoms with Crippen LogP contribution in [-0.2, 0) is 6.42 Å². The van der Waals surface area contributed by atoms with Crippen molar-refractivity contribution in [1.29, 1.82) is 0 Å². The van der Waals surface area contributed by atoms with Crippen LogP contribution in [0.3, 0.4) is 0 Å². The van der Waals surface area contributed by atoms with Gasteiger partial charge in [-0.25, -0.2) is 0 Å². The van der Waals surface area contributed by atoms with E-state index in [4.69, 9.17) is 0 Å². The molecule has 0 saturated heterocycles. The first-order valence-electron chi connectivity index (χ1n) is 6.48. The normalized spacial score (nSPS) is 20.0. The van der Waals surface area contributed by atoms with Crippen LogP contribution in [0, 0.1) is 5.92 Å². The summed E-state index contributed by atoms with van der Waals surface area (Å²) in [5.74, 6) is 0.715. The van der Waals surface area contributed by atoms with Crippen molar-refractivity contribution in [2.75, 3.05) is 0 Å². The molecule has 0 saturated carbocycles. The van der Waals surface area contributed by atoms with Crippen LogP contribution >= 0.6 is 7.53 Å². The Balaban J connectivity index is 2.38. The van der Waals surface area contributed by atoms with Gasteiger partial charge in [0.05, 0.1) is 0 Å². The van der Waals surface area contributed by atoms with Crippen LogP contribution in [0.4, 0.5) is 0 Å². The summed E-state index contributed by atoms with van der Waals surface area (Å²) in [4.78, 5) is 0. The predicted octanol–water partition coefficient (Wildman–Crippen LogP) is 5.61. The van der Waals surface area contributed by atoms with Gasteiger partial charge in [-0.3, -0.25) is 0 Å². The molecule has 1 aliphatic rings. The zero-order chi connectivity index (χ0) is 12.0. The summed E-state index contributed by atoms with van der Waals surface area (Å²) in [6.07, 6.45) is 6.01. The van der Waals surface area contributed by atoms with Crippen molar-refractivity contribution in [1.82, 2.24) is 0 Å². The molecular weight excluding hydrogens is 223 g/mol. The van der Waals surface area contributed by atoms with E-state index in [0.717, 1.165) is 5.66 Å². The fourth-order valence-corrected chi connectivity index (χ4v) is 6.07. The van der Waals surface area contributed by atoms with Crippen LogP contribution in [0.25, 0.3) is 16.6 Å². The Bertz CT molecular complexity index is 587.